The molecule has 1 fully saturated rings. The van der Waals surface area contributed by atoms with Crippen molar-refractivity contribution in [3.8, 4) is 11.4 Å². The van der Waals surface area contributed by atoms with Crippen molar-refractivity contribution in [1.29, 1.82) is 0 Å². The molecule has 1 aliphatic heterocycles. The fraction of sp³-hybridized carbons (Fsp3) is 0.292. The lowest BCUT2D eigenvalue weighted by atomic mass is 9.70. The van der Waals surface area contributed by atoms with Crippen LogP contribution < -0.4 is 4.74 Å². The van der Waals surface area contributed by atoms with Crippen molar-refractivity contribution in [1.82, 2.24) is 14.1 Å². The Hall–Kier alpha value is -2.97. The van der Waals surface area contributed by atoms with Crippen LogP contribution >= 0.6 is 0 Å². The summed E-state index contributed by atoms with van der Waals surface area (Å²) in [7, 11) is -2.05. The molecule has 0 bridgehead atoms. The zero-order chi connectivity index (χ0) is 22.5. The lowest BCUT2D eigenvalue weighted by Crippen LogP contribution is -2.47. The van der Waals surface area contributed by atoms with Crippen molar-refractivity contribution in [2.75, 3.05) is 20.2 Å². The number of hydrogen-bond donors (Lipinski definition) is 0. The summed E-state index contributed by atoms with van der Waals surface area (Å²) in [5.41, 5.74) is 3.75. The predicted octanol–water partition coefficient (Wildman–Crippen LogP) is 4.06. The van der Waals surface area contributed by atoms with Crippen LogP contribution in [0.4, 0.5) is 4.39 Å². The lowest BCUT2D eigenvalue weighted by molar-refractivity contribution is 0.231. The molecule has 6 nitrogen and oxygen atoms in total. The molecule has 32 heavy (non-hydrogen) atoms. The summed E-state index contributed by atoms with van der Waals surface area (Å²) in [5, 5.41) is 4.52. The van der Waals surface area contributed by atoms with E-state index in [0.717, 1.165) is 16.9 Å². The minimum atomic E-state index is -3.60. The first kappa shape index (κ1) is 20.9. The predicted molar refractivity (Wildman–Crippen MR) is 120 cm³/mol. The van der Waals surface area contributed by atoms with E-state index in [1.807, 2.05) is 10.9 Å². The zero-order valence-electron chi connectivity index (χ0n) is 18.0. The lowest BCUT2D eigenvalue weighted by Gasteiger charge is -2.43. The number of fused-ring (bicyclic) bond motifs is 2. The normalized spacial score (nSPS) is 20.9. The van der Waals surface area contributed by atoms with Gasteiger partial charge < -0.3 is 4.74 Å². The molecule has 1 unspecified atom stereocenters. The van der Waals surface area contributed by atoms with Crippen LogP contribution in [-0.2, 0) is 16.4 Å². The monoisotopic (exact) mass is 453 g/mol. The van der Waals surface area contributed by atoms with Crippen molar-refractivity contribution >= 4 is 16.1 Å². The van der Waals surface area contributed by atoms with Crippen molar-refractivity contribution in [3.05, 3.63) is 77.4 Å². The Bertz CT molecular complexity index is 1300. The Morgan fingerprint density at radius 2 is 1.81 bits per heavy atom. The second-order valence-corrected chi connectivity index (χ2v) is 10.6. The van der Waals surface area contributed by atoms with Gasteiger partial charge in [0.05, 0.1) is 29.6 Å². The van der Waals surface area contributed by atoms with E-state index in [1.165, 1.54) is 17.7 Å². The molecule has 0 radical (unpaired) electrons. The Balaban J connectivity index is 1.44. The minimum absolute atomic E-state index is 0.273. The van der Waals surface area contributed by atoms with Gasteiger partial charge in [0.25, 0.3) is 0 Å². The third kappa shape index (κ3) is 3.43. The van der Waals surface area contributed by atoms with Crippen LogP contribution in [0.25, 0.3) is 11.8 Å². The summed E-state index contributed by atoms with van der Waals surface area (Å²) in [6, 6.07) is 12.8. The molecule has 1 aliphatic carbocycles. The minimum Gasteiger partial charge on any atom is -0.497 e. The molecular weight excluding hydrogens is 429 g/mol. The van der Waals surface area contributed by atoms with E-state index in [4.69, 9.17) is 4.74 Å². The molecule has 1 atom stereocenters. The van der Waals surface area contributed by atoms with Gasteiger partial charge in [-0.15, -0.1) is 0 Å². The number of methoxy groups -OCH3 is 1. The highest BCUT2D eigenvalue weighted by molar-refractivity contribution is 7.89. The van der Waals surface area contributed by atoms with Gasteiger partial charge in [-0.05, 0) is 73.0 Å². The number of sulfonamides is 1. The van der Waals surface area contributed by atoms with Crippen LogP contribution in [-0.4, -0.2) is 42.7 Å². The third-order valence-corrected chi connectivity index (χ3v) is 8.34. The van der Waals surface area contributed by atoms with E-state index >= 15 is 0 Å². The number of ether oxygens (including phenoxy) is 1. The van der Waals surface area contributed by atoms with Crippen LogP contribution in [0.1, 0.15) is 24.6 Å². The van der Waals surface area contributed by atoms with E-state index in [2.05, 4.69) is 18.1 Å². The molecular formula is C24H24FN3O3S. The van der Waals surface area contributed by atoms with Crippen molar-refractivity contribution in [2.24, 2.45) is 5.41 Å². The van der Waals surface area contributed by atoms with Crippen LogP contribution in [0.2, 0.25) is 0 Å². The van der Waals surface area contributed by atoms with Crippen LogP contribution in [0.3, 0.4) is 0 Å². The summed E-state index contributed by atoms with van der Waals surface area (Å²) in [6.07, 6.45) is 5.31. The maximum Gasteiger partial charge on any atom is 0.243 e. The molecule has 1 aromatic heterocycles. The van der Waals surface area contributed by atoms with Crippen molar-refractivity contribution in [3.63, 3.8) is 0 Å². The molecule has 3 aromatic rings. The fourth-order valence-electron chi connectivity index (χ4n) is 4.69. The average molecular weight is 454 g/mol. The molecule has 2 aromatic carbocycles. The quantitative estimate of drug-likeness (QED) is 0.598. The second-order valence-electron chi connectivity index (χ2n) is 8.61. The smallest absolute Gasteiger partial charge is 0.243 e. The van der Waals surface area contributed by atoms with Gasteiger partial charge in [-0.1, -0.05) is 12.5 Å². The highest BCUT2D eigenvalue weighted by Gasteiger charge is 2.42. The van der Waals surface area contributed by atoms with E-state index in [-0.39, 0.29) is 16.1 Å². The fourth-order valence-corrected chi connectivity index (χ4v) is 6.25. The number of benzene rings is 2. The highest BCUT2D eigenvalue weighted by Crippen LogP contribution is 2.44. The molecule has 8 heteroatoms. The number of rotatable bonds is 4. The standard InChI is InChI=1S/C24H24FN3O3S/c1-24-14-17-15-26-28(20-5-3-19(25)4-6-20)23(17)13-18(24)11-12-27(16-24)32(29,30)22-9-7-21(31-2)8-10-22/h3-10,13,15H,11-12,14,16H2,1-2H3. The van der Waals surface area contributed by atoms with E-state index in [9.17, 15) is 12.8 Å². The average Bonchev–Trinajstić information content (AvgIpc) is 3.19. The first-order valence-corrected chi connectivity index (χ1v) is 11.9. The maximum absolute atomic E-state index is 13.3. The molecule has 0 N–H and O–H groups in total. The van der Waals surface area contributed by atoms with Gasteiger partial charge in [-0.2, -0.15) is 9.40 Å². The van der Waals surface area contributed by atoms with Gasteiger partial charge in [0, 0.05) is 18.5 Å². The number of halogens is 1. The Kier molecular flexibility index (Phi) is 4.94. The summed E-state index contributed by atoms with van der Waals surface area (Å²) in [4.78, 5) is 0.273. The molecule has 2 aliphatic rings. The van der Waals surface area contributed by atoms with Crippen molar-refractivity contribution < 1.29 is 17.5 Å². The van der Waals surface area contributed by atoms with Gasteiger partial charge in [0.1, 0.15) is 11.6 Å². The van der Waals surface area contributed by atoms with E-state index in [1.54, 1.807) is 47.8 Å². The van der Waals surface area contributed by atoms with Gasteiger partial charge in [-0.25, -0.2) is 17.5 Å². The van der Waals surface area contributed by atoms with Gasteiger partial charge in [0.2, 0.25) is 10.0 Å². The largest absolute Gasteiger partial charge is 0.497 e. The SMILES string of the molecule is COc1ccc(S(=O)(=O)N2CCC3=Cc4c(cnn4-c4ccc(F)cc4)CC3(C)C2)cc1. The zero-order valence-corrected chi connectivity index (χ0v) is 18.8. The van der Waals surface area contributed by atoms with Crippen molar-refractivity contribution in [2.45, 2.75) is 24.7 Å². The summed E-state index contributed by atoms with van der Waals surface area (Å²) in [5.74, 6) is 0.337. The van der Waals surface area contributed by atoms with Gasteiger partial charge >= 0.3 is 0 Å². The Labute approximate surface area is 187 Å². The second kappa shape index (κ2) is 7.56. The van der Waals surface area contributed by atoms with Gasteiger partial charge in [-0.3, -0.25) is 0 Å². The molecule has 0 amide bonds. The van der Waals surface area contributed by atoms with Crippen LogP contribution in [0, 0.1) is 11.2 Å². The summed E-state index contributed by atoms with van der Waals surface area (Å²) >= 11 is 0. The third-order valence-electron chi connectivity index (χ3n) is 6.48. The summed E-state index contributed by atoms with van der Waals surface area (Å²) in [6.45, 7) is 2.96. The number of hydrogen-bond acceptors (Lipinski definition) is 4. The molecule has 2 heterocycles. The number of piperidine rings is 1. The Morgan fingerprint density at radius 3 is 2.50 bits per heavy atom. The Morgan fingerprint density at radius 1 is 1.09 bits per heavy atom. The topological polar surface area (TPSA) is 64.4 Å². The van der Waals surface area contributed by atoms with E-state index in [0.29, 0.717) is 31.7 Å². The summed E-state index contributed by atoms with van der Waals surface area (Å²) < 4.78 is 48.5. The number of aromatic nitrogens is 2. The molecule has 0 saturated carbocycles. The van der Waals surface area contributed by atoms with E-state index < -0.39 is 10.0 Å². The van der Waals surface area contributed by atoms with Gasteiger partial charge in [0.15, 0.2) is 0 Å². The molecule has 5 rings (SSSR count). The van der Waals surface area contributed by atoms with Crippen LogP contribution in [0.5, 0.6) is 5.75 Å². The molecule has 166 valence electrons. The molecule has 0 spiro atoms. The maximum atomic E-state index is 13.3. The number of nitrogens with zero attached hydrogens (tertiary/aromatic N) is 3. The van der Waals surface area contributed by atoms with Crippen LogP contribution in [0.15, 0.2) is 65.2 Å². The highest BCUT2D eigenvalue weighted by atomic mass is 32.2. The molecule has 1 saturated heterocycles. The first-order chi connectivity index (χ1) is 15.3. The first-order valence-electron chi connectivity index (χ1n) is 10.5.